The Hall–Kier alpha value is -4.05. The van der Waals surface area contributed by atoms with Crippen LogP contribution in [0.25, 0.3) is 22.5 Å². The van der Waals surface area contributed by atoms with Crippen LogP contribution in [-0.2, 0) is 12.8 Å². The Kier molecular flexibility index (Phi) is 6.92. The minimum Gasteiger partial charge on any atom is -0.392 e. The zero-order valence-electron chi connectivity index (χ0n) is 19.0. The molecule has 3 N–H and O–H groups in total. The number of pyridine rings is 1. The van der Waals surface area contributed by atoms with E-state index in [9.17, 15) is 18.3 Å². The SMILES string of the molecule is CC(C)Nc1ncc(-c2cccc(C(F)(F)F)c2)cc1-c1ncnc(Nc2cccc(CO)c2)n1. The van der Waals surface area contributed by atoms with Crippen LogP contribution in [-0.4, -0.2) is 31.1 Å². The maximum absolute atomic E-state index is 13.2. The summed E-state index contributed by atoms with van der Waals surface area (Å²) in [6, 6.07) is 14.0. The number of alkyl halides is 3. The number of aliphatic hydroxyl groups is 1. The maximum atomic E-state index is 13.2. The van der Waals surface area contributed by atoms with E-state index in [-0.39, 0.29) is 18.6 Å². The normalized spacial score (nSPS) is 11.5. The van der Waals surface area contributed by atoms with Gasteiger partial charge in [-0.05, 0) is 55.3 Å². The highest BCUT2D eigenvalue weighted by Gasteiger charge is 2.30. The third kappa shape index (κ3) is 5.90. The summed E-state index contributed by atoms with van der Waals surface area (Å²) in [5, 5.41) is 15.7. The van der Waals surface area contributed by atoms with Gasteiger partial charge in [-0.1, -0.05) is 24.3 Å². The number of benzene rings is 2. The molecule has 7 nitrogen and oxygen atoms in total. The molecule has 0 saturated carbocycles. The quantitative estimate of drug-likeness (QED) is 0.313. The number of anilines is 3. The first-order valence-electron chi connectivity index (χ1n) is 10.8. The zero-order valence-corrected chi connectivity index (χ0v) is 19.0. The summed E-state index contributed by atoms with van der Waals surface area (Å²) < 4.78 is 39.7. The summed E-state index contributed by atoms with van der Waals surface area (Å²) >= 11 is 0. The third-order valence-corrected chi connectivity index (χ3v) is 5.01. The monoisotopic (exact) mass is 480 g/mol. The summed E-state index contributed by atoms with van der Waals surface area (Å²) in [7, 11) is 0. The molecule has 0 fully saturated rings. The second kappa shape index (κ2) is 10.1. The van der Waals surface area contributed by atoms with Gasteiger partial charge in [0.05, 0.1) is 17.7 Å². The lowest BCUT2D eigenvalue weighted by Crippen LogP contribution is -2.13. The smallest absolute Gasteiger partial charge is 0.392 e. The van der Waals surface area contributed by atoms with E-state index in [1.807, 2.05) is 19.9 Å². The maximum Gasteiger partial charge on any atom is 0.416 e. The molecule has 4 aromatic rings. The second-order valence-corrected chi connectivity index (χ2v) is 8.11. The van der Waals surface area contributed by atoms with Gasteiger partial charge in [-0.25, -0.2) is 15.0 Å². The van der Waals surface area contributed by atoms with Crippen molar-refractivity contribution in [3.8, 4) is 22.5 Å². The number of nitrogens with one attached hydrogen (secondary N) is 2. The molecule has 0 aliphatic carbocycles. The minimum absolute atomic E-state index is 0.0429. The van der Waals surface area contributed by atoms with Crippen LogP contribution in [0, 0.1) is 0 Å². The number of rotatable bonds is 7. The van der Waals surface area contributed by atoms with Crippen LogP contribution in [0.3, 0.4) is 0 Å². The first-order chi connectivity index (χ1) is 16.7. The summed E-state index contributed by atoms with van der Waals surface area (Å²) in [4.78, 5) is 17.4. The molecule has 0 radical (unpaired) electrons. The average Bonchev–Trinajstić information content (AvgIpc) is 2.84. The Morgan fingerprint density at radius 2 is 1.74 bits per heavy atom. The van der Waals surface area contributed by atoms with Crippen LogP contribution in [0.2, 0.25) is 0 Å². The van der Waals surface area contributed by atoms with Crippen molar-refractivity contribution in [2.45, 2.75) is 32.7 Å². The number of nitrogens with zero attached hydrogens (tertiary/aromatic N) is 4. The molecule has 0 bridgehead atoms. The molecule has 0 spiro atoms. The molecule has 0 saturated heterocycles. The van der Waals surface area contributed by atoms with Crippen molar-refractivity contribution in [1.29, 1.82) is 0 Å². The predicted octanol–water partition coefficient (Wildman–Crippen LogP) is 5.68. The van der Waals surface area contributed by atoms with E-state index in [0.717, 1.165) is 17.7 Å². The van der Waals surface area contributed by atoms with Gasteiger partial charge in [0.1, 0.15) is 12.1 Å². The largest absolute Gasteiger partial charge is 0.416 e. The molecule has 4 rings (SSSR count). The summed E-state index contributed by atoms with van der Waals surface area (Å²) in [6.45, 7) is 3.79. The van der Waals surface area contributed by atoms with Crippen molar-refractivity contribution < 1.29 is 18.3 Å². The van der Waals surface area contributed by atoms with E-state index in [1.54, 1.807) is 30.3 Å². The molecule has 2 heterocycles. The summed E-state index contributed by atoms with van der Waals surface area (Å²) in [5.41, 5.74) is 2.06. The van der Waals surface area contributed by atoms with Crippen LogP contribution in [0.1, 0.15) is 25.0 Å². The standard InChI is InChI=1S/C25H23F3N6O/c1-15(2)32-22-21(11-18(12-29-22)17-6-4-7-19(10-17)25(26,27)28)23-30-14-31-24(34-23)33-20-8-3-5-16(9-20)13-35/h3-12,14-15,35H,13H2,1-2H3,(H,29,32)(H,30,31,33,34). The van der Waals surface area contributed by atoms with Gasteiger partial charge in [0, 0.05) is 23.5 Å². The highest BCUT2D eigenvalue weighted by atomic mass is 19.4. The Balaban J connectivity index is 1.74. The van der Waals surface area contributed by atoms with Gasteiger partial charge in [-0.15, -0.1) is 0 Å². The van der Waals surface area contributed by atoms with Gasteiger partial charge in [-0.2, -0.15) is 18.2 Å². The van der Waals surface area contributed by atoms with Gasteiger partial charge in [0.15, 0.2) is 5.82 Å². The van der Waals surface area contributed by atoms with Crippen molar-refractivity contribution in [1.82, 2.24) is 19.9 Å². The van der Waals surface area contributed by atoms with Crippen LogP contribution in [0.5, 0.6) is 0 Å². The number of hydrogen-bond donors (Lipinski definition) is 3. The lowest BCUT2D eigenvalue weighted by Gasteiger charge is -2.15. The van der Waals surface area contributed by atoms with E-state index in [4.69, 9.17) is 0 Å². The van der Waals surface area contributed by atoms with Crippen LogP contribution in [0.15, 0.2) is 67.1 Å². The van der Waals surface area contributed by atoms with Crippen molar-refractivity contribution >= 4 is 17.5 Å². The number of aromatic nitrogens is 4. The molecule has 0 aliphatic rings. The third-order valence-electron chi connectivity index (χ3n) is 5.01. The summed E-state index contributed by atoms with van der Waals surface area (Å²) in [5.74, 6) is 1.06. The molecule has 35 heavy (non-hydrogen) atoms. The van der Waals surface area contributed by atoms with E-state index in [0.29, 0.717) is 34.0 Å². The van der Waals surface area contributed by atoms with Crippen molar-refractivity contribution in [3.05, 3.63) is 78.2 Å². The highest BCUT2D eigenvalue weighted by Crippen LogP contribution is 2.34. The fourth-order valence-corrected chi connectivity index (χ4v) is 3.42. The first kappa shape index (κ1) is 24.1. The molecule has 2 aromatic heterocycles. The van der Waals surface area contributed by atoms with Crippen molar-refractivity contribution in [3.63, 3.8) is 0 Å². The highest BCUT2D eigenvalue weighted by molar-refractivity contribution is 5.77. The lowest BCUT2D eigenvalue weighted by molar-refractivity contribution is -0.137. The van der Waals surface area contributed by atoms with Crippen LogP contribution < -0.4 is 10.6 Å². The van der Waals surface area contributed by atoms with Gasteiger partial charge >= 0.3 is 6.18 Å². The fourth-order valence-electron chi connectivity index (χ4n) is 3.42. The van der Waals surface area contributed by atoms with Crippen LogP contribution in [0.4, 0.5) is 30.6 Å². The molecule has 2 aromatic carbocycles. The second-order valence-electron chi connectivity index (χ2n) is 8.11. The Morgan fingerprint density at radius 3 is 2.49 bits per heavy atom. The first-order valence-corrected chi connectivity index (χ1v) is 10.8. The molecule has 0 atom stereocenters. The molecular weight excluding hydrogens is 457 g/mol. The average molecular weight is 480 g/mol. The van der Waals surface area contributed by atoms with Gasteiger partial charge in [0.25, 0.3) is 0 Å². The molecule has 180 valence electrons. The Bertz CT molecular complexity index is 1330. The molecular formula is C25H23F3N6O. The molecule has 0 aliphatic heterocycles. The van der Waals surface area contributed by atoms with E-state index < -0.39 is 11.7 Å². The zero-order chi connectivity index (χ0) is 25.0. The van der Waals surface area contributed by atoms with Gasteiger partial charge < -0.3 is 15.7 Å². The van der Waals surface area contributed by atoms with Gasteiger partial charge in [-0.3, -0.25) is 0 Å². The molecule has 0 amide bonds. The van der Waals surface area contributed by atoms with E-state index in [2.05, 4.69) is 30.6 Å². The lowest BCUT2D eigenvalue weighted by atomic mass is 10.0. The van der Waals surface area contributed by atoms with Crippen molar-refractivity contribution in [2.75, 3.05) is 10.6 Å². The number of aliphatic hydroxyl groups excluding tert-OH is 1. The summed E-state index contributed by atoms with van der Waals surface area (Å²) in [6.07, 6.45) is -1.59. The van der Waals surface area contributed by atoms with Crippen LogP contribution >= 0.6 is 0 Å². The van der Waals surface area contributed by atoms with E-state index >= 15 is 0 Å². The molecule has 10 heteroatoms. The Morgan fingerprint density at radius 1 is 0.943 bits per heavy atom. The van der Waals surface area contributed by atoms with E-state index in [1.165, 1.54) is 18.6 Å². The van der Waals surface area contributed by atoms with Gasteiger partial charge in [0.2, 0.25) is 5.95 Å². The molecule has 0 unspecified atom stereocenters. The minimum atomic E-state index is -4.45. The fraction of sp³-hybridized carbons (Fsp3) is 0.200. The Labute approximate surface area is 200 Å². The number of hydrogen-bond acceptors (Lipinski definition) is 7. The topological polar surface area (TPSA) is 95.9 Å². The predicted molar refractivity (Wildman–Crippen MR) is 128 cm³/mol. The van der Waals surface area contributed by atoms with Crippen molar-refractivity contribution in [2.24, 2.45) is 0 Å². The number of halogens is 3.